The molecule has 1 heterocycles. The molecule has 7 nitrogen and oxygen atoms in total. The molecule has 0 N–H and O–H groups in total. The van der Waals surface area contributed by atoms with E-state index in [-0.39, 0.29) is 29.6 Å². The van der Waals surface area contributed by atoms with Gasteiger partial charge in [0.1, 0.15) is 0 Å². The van der Waals surface area contributed by atoms with E-state index in [1.165, 1.54) is 33.0 Å². The SMILES string of the molecule is COC(=O)C(Oc1nc(OC)cc(OC)n1)C1c2ccccc2CC1C. The van der Waals surface area contributed by atoms with Crippen LogP contribution in [0.5, 0.6) is 17.8 Å². The molecule has 26 heavy (non-hydrogen) atoms. The van der Waals surface area contributed by atoms with Crippen molar-refractivity contribution in [1.29, 1.82) is 0 Å². The average molecular weight is 358 g/mol. The maximum absolute atomic E-state index is 12.5. The zero-order valence-electron chi connectivity index (χ0n) is 15.3. The van der Waals surface area contributed by atoms with Crippen molar-refractivity contribution < 1.29 is 23.7 Å². The smallest absolute Gasteiger partial charge is 0.347 e. The number of esters is 1. The number of benzene rings is 1. The Labute approximate surface area is 152 Å². The zero-order chi connectivity index (χ0) is 18.7. The number of methoxy groups -OCH3 is 3. The van der Waals surface area contributed by atoms with E-state index in [2.05, 4.69) is 23.0 Å². The predicted molar refractivity (Wildman–Crippen MR) is 93.6 cm³/mol. The highest BCUT2D eigenvalue weighted by molar-refractivity contribution is 5.77. The van der Waals surface area contributed by atoms with Gasteiger partial charge < -0.3 is 18.9 Å². The van der Waals surface area contributed by atoms with Crippen molar-refractivity contribution in [3.63, 3.8) is 0 Å². The highest BCUT2D eigenvalue weighted by Gasteiger charge is 2.41. The van der Waals surface area contributed by atoms with Gasteiger partial charge in [0.15, 0.2) is 0 Å². The van der Waals surface area contributed by atoms with Gasteiger partial charge in [-0.1, -0.05) is 31.2 Å². The predicted octanol–water partition coefficient (Wildman–Crippen LogP) is 2.39. The van der Waals surface area contributed by atoms with Crippen LogP contribution < -0.4 is 14.2 Å². The Bertz CT molecular complexity index is 773. The summed E-state index contributed by atoms with van der Waals surface area (Å²) >= 11 is 0. The number of ether oxygens (including phenoxy) is 4. The first-order chi connectivity index (χ1) is 12.6. The molecule has 3 unspecified atom stereocenters. The lowest BCUT2D eigenvalue weighted by Crippen LogP contribution is -2.37. The first kappa shape index (κ1) is 18.0. The molecule has 1 aliphatic rings. The van der Waals surface area contributed by atoms with Crippen molar-refractivity contribution in [2.75, 3.05) is 21.3 Å². The van der Waals surface area contributed by atoms with Gasteiger partial charge >= 0.3 is 12.0 Å². The van der Waals surface area contributed by atoms with Crippen molar-refractivity contribution >= 4 is 5.97 Å². The zero-order valence-corrected chi connectivity index (χ0v) is 15.3. The molecular weight excluding hydrogens is 336 g/mol. The van der Waals surface area contributed by atoms with Crippen molar-refractivity contribution in [1.82, 2.24) is 9.97 Å². The largest absolute Gasteiger partial charge is 0.481 e. The number of fused-ring (bicyclic) bond motifs is 1. The fraction of sp³-hybridized carbons (Fsp3) is 0.421. The monoisotopic (exact) mass is 358 g/mol. The molecule has 0 saturated heterocycles. The van der Waals surface area contributed by atoms with Crippen LogP contribution in [0, 0.1) is 5.92 Å². The second-order valence-corrected chi connectivity index (χ2v) is 6.20. The van der Waals surface area contributed by atoms with Gasteiger partial charge in [-0.05, 0) is 23.5 Å². The Kier molecular flexibility index (Phi) is 5.25. The lowest BCUT2D eigenvalue weighted by molar-refractivity contribution is -0.150. The van der Waals surface area contributed by atoms with Crippen molar-refractivity contribution in [2.45, 2.75) is 25.4 Å². The molecule has 0 bridgehead atoms. The van der Waals surface area contributed by atoms with Crippen LogP contribution in [0.1, 0.15) is 24.0 Å². The van der Waals surface area contributed by atoms with Gasteiger partial charge in [-0.15, -0.1) is 0 Å². The van der Waals surface area contributed by atoms with E-state index < -0.39 is 12.1 Å². The Hall–Kier alpha value is -2.83. The molecule has 1 aromatic heterocycles. The molecule has 0 saturated carbocycles. The van der Waals surface area contributed by atoms with Crippen LogP contribution in [0.4, 0.5) is 0 Å². The van der Waals surface area contributed by atoms with Gasteiger partial charge in [-0.3, -0.25) is 0 Å². The van der Waals surface area contributed by atoms with E-state index in [9.17, 15) is 4.79 Å². The van der Waals surface area contributed by atoms with Gasteiger partial charge in [0.25, 0.3) is 0 Å². The first-order valence-corrected chi connectivity index (χ1v) is 8.36. The molecule has 3 rings (SSSR count). The number of hydrogen-bond acceptors (Lipinski definition) is 7. The number of carbonyl (C=O) groups excluding carboxylic acids is 1. The standard InChI is InChI=1S/C19H22N2O5/c1-11-9-12-7-5-6-8-13(12)16(11)17(18(22)25-4)26-19-20-14(23-2)10-15(21-19)24-3/h5-8,10-11,16-17H,9H2,1-4H3. The average Bonchev–Trinajstić information content (AvgIpc) is 3.00. The highest BCUT2D eigenvalue weighted by Crippen LogP contribution is 2.41. The number of rotatable bonds is 6. The molecule has 2 aromatic rings. The maximum Gasteiger partial charge on any atom is 0.347 e. The summed E-state index contributed by atoms with van der Waals surface area (Å²) in [4.78, 5) is 20.8. The third kappa shape index (κ3) is 3.42. The third-order valence-electron chi connectivity index (χ3n) is 4.64. The summed E-state index contributed by atoms with van der Waals surface area (Å²) in [6.07, 6.45) is 0.00967. The minimum atomic E-state index is -0.865. The number of nitrogens with zero attached hydrogens (tertiary/aromatic N) is 2. The molecule has 1 aliphatic carbocycles. The molecular formula is C19H22N2O5. The minimum absolute atomic E-state index is 0.00758. The molecule has 0 amide bonds. The lowest BCUT2D eigenvalue weighted by Gasteiger charge is -2.25. The second kappa shape index (κ2) is 7.59. The van der Waals surface area contributed by atoms with Gasteiger partial charge in [-0.25, -0.2) is 4.79 Å². The van der Waals surface area contributed by atoms with Crippen LogP contribution in [0.3, 0.4) is 0 Å². The Balaban J connectivity index is 1.97. The molecule has 0 spiro atoms. The molecule has 138 valence electrons. The Morgan fingerprint density at radius 3 is 2.38 bits per heavy atom. The molecule has 7 heteroatoms. The number of carbonyl (C=O) groups is 1. The van der Waals surface area contributed by atoms with E-state index in [4.69, 9.17) is 18.9 Å². The summed E-state index contributed by atoms with van der Waals surface area (Å²) in [5.41, 5.74) is 2.30. The Morgan fingerprint density at radius 2 is 1.77 bits per heavy atom. The summed E-state index contributed by atoms with van der Waals surface area (Å²) in [6, 6.07) is 9.60. The van der Waals surface area contributed by atoms with Crippen LogP contribution in [0.2, 0.25) is 0 Å². The quantitative estimate of drug-likeness (QED) is 0.734. The van der Waals surface area contributed by atoms with Crippen LogP contribution in [-0.4, -0.2) is 43.4 Å². The first-order valence-electron chi connectivity index (χ1n) is 8.36. The summed E-state index contributed by atoms with van der Waals surface area (Å²) in [5, 5.41) is 0. The summed E-state index contributed by atoms with van der Waals surface area (Å²) in [5.74, 6) is 0.165. The van der Waals surface area contributed by atoms with Crippen molar-refractivity contribution in [3.05, 3.63) is 41.5 Å². The third-order valence-corrected chi connectivity index (χ3v) is 4.64. The highest BCUT2D eigenvalue weighted by atomic mass is 16.6. The van der Waals surface area contributed by atoms with E-state index in [1.54, 1.807) is 0 Å². The normalized spacial score (nSPS) is 19.4. The lowest BCUT2D eigenvalue weighted by atomic mass is 9.88. The van der Waals surface area contributed by atoms with Gasteiger partial charge in [0.05, 0.1) is 27.4 Å². The summed E-state index contributed by atoms with van der Waals surface area (Å²) in [6.45, 7) is 2.09. The fourth-order valence-corrected chi connectivity index (χ4v) is 3.43. The summed E-state index contributed by atoms with van der Waals surface area (Å²) < 4.78 is 21.2. The Morgan fingerprint density at radius 1 is 1.12 bits per heavy atom. The van der Waals surface area contributed by atoms with Crippen molar-refractivity contribution in [2.24, 2.45) is 5.92 Å². The second-order valence-electron chi connectivity index (χ2n) is 6.20. The van der Waals surface area contributed by atoms with E-state index >= 15 is 0 Å². The van der Waals surface area contributed by atoms with Crippen LogP contribution in [0.25, 0.3) is 0 Å². The van der Waals surface area contributed by atoms with E-state index in [0.29, 0.717) is 0 Å². The minimum Gasteiger partial charge on any atom is -0.481 e. The maximum atomic E-state index is 12.5. The topological polar surface area (TPSA) is 79.8 Å². The number of aromatic nitrogens is 2. The van der Waals surface area contributed by atoms with Gasteiger partial charge in [0, 0.05) is 5.92 Å². The van der Waals surface area contributed by atoms with Crippen molar-refractivity contribution in [3.8, 4) is 17.8 Å². The molecule has 0 aliphatic heterocycles. The fourth-order valence-electron chi connectivity index (χ4n) is 3.43. The molecule has 3 atom stereocenters. The van der Waals surface area contributed by atoms with Gasteiger partial charge in [-0.2, -0.15) is 9.97 Å². The van der Waals surface area contributed by atoms with Crippen LogP contribution in [0.15, 0.2) is 30.3 Å². The molecule has 1 aromatic carbocycles. The van der Waals surface area contributed by atoms with E-state index in [0.717, 1.165) is 12.0 Å². The van der Waals surface area contributed by atoms with E-state index in [1.807, 2.05) is 18.2 Å². The van der Waals surface area contributed by atoms with Crippen LogP contribution >= 0.6 is 0 Å². The molecule has 0 fully saturated rings. The van der Waals surface area contributed by atoms with Gasteiger partial charge in [0.2, 0.25) is 17.9 Å². The van der Waals surface area contributed by atoms with Crippen LogP contribution in [-0.2, 0) is 16.0 Å². The molecule has 0 radical (unpaired) electrons. The number of hydrogen-bond donors (Lipinski definition) is 0. The summed E-state index contributed by atoms with van der Waals surface area (Å²) in [7, 11) is 4.31.